The molecule has 0 bridgehead atoms. The summed E-state index contributed by atoms with van der Waals surface area (Å²) in [4.78, 5) is 20.8. The quantitative estimate of drug-likeness (QED) is 0.918. The summed E-state index contributed by atoms with van der Waals surface area (Å²) in [5.41, 5.74) is 1.34. The van der Waals surface area contributed by atoms with Crippen molar-refractivity contribution in [2.24, 2.45) is 5.92 Å². The van der Waals surface area contributed by atoms with Gasteiger partial charge in [0.2, 0.25) is 0 Å². The number of hydrogen-bond acceptors (Lipinski definition) is 4. The van der Waals surface area contributed by atoms with Crippen LogP contribution >= 0.6 is 11.6 Å². The molecule has 2 saturated heterocycles. The molecule has 23 heavy (non-hydrogen) atoms. The predicted octanol–water partition coefficient (Wildman–Crippen LogP) is 2.23. The van der Waals surface area contributed by atoms with E-state index in [1.807, 2.05) is 11.8 Å². The van der Waals surface area contributed by atoms with Crippen molar-refractivity contribution < 1.29 is 9.53 Å². The number of ether oxygens (including phenoxy) is 1. The molecule has 2 aliphatic heterocycles. The van der Waals surface area contributed by atoms with Crippen molar-refractivity contribution >= 4 is 23.3 Å². The van der Waals surface area contributed by atoms with E-state index in [9.17, 15) is 4.79 Å². The molecule has 3 rings (SSSR count). The number of anilines is 1. The van der Waals surface area contributed by atoms with Gasteiger partial charge in [-0.2, -0.15) is 0 Å². The van der Waals surface area contributed by atoms with E-state index in [1.165, 1.54) is 0 Å². The second kappa shape index (κ2) is 7.47. The summed E-state index contributed by atoms with van der Waals surface area (Å²) in [6.07, 6.45) is 2.70. The Hall–Kier alpha value is -1.37. The molecule has 1 atom stereocenters. The van der Waals surface area contributed by atoms with Crippen molar-refractivity contribution in [1.29, 1.82) is 0 Å². The van der Waals surface area contributed by atoms with Crippen LogP contribution in [0.1, 0.15) is 12.1 Å². The Morgan fingerprint density at radius 2 is 2.22 bits per heavy atom. The summed E-state index contributed by atoms with van der Waals surface area (Å²) < 4.78 is 5.38. The summed E-state index contributed by atoms with van der Waals surface area (Å²) in [5.74, 6) is 0.536. The number of urea groups is 1. The molecule has 1 aromatic heterocycles. The first-order chi connectivity index (χ1) is 11.1. The van der Waals surface area contributed by atoms with Gasteiger partial charge in [-0.25, -0.2) is 4.79 Å². The van der Waals surface area contributed by atoms with Gasteiger partial charge < -0.3 is 15.0 Å². The van der Waals surface area contributed by atoms with Gasteiger partial charge in [0, 0.05) is 38.9 Å². The van der Waals surface area contributed by atoms with E-state index in [0.29, 0.717) is 16.6 Å². The molecule has 6 nitrogen and oxygen atoms in total. The molecule has 0 aromatic carbocycles. The molecule has 0 saturated carbocycles. The summed E-state index contributed by atoms with van der Waals surface area (Å²) in [6, 6.07) is 1.65. The molecular formula is C16H23ClN4O2. The van der Waals surface area contributed by atoms with Crippen LogP contribution < -0.4 is 5.32 Å². The maximum absolute atomic E-state index is 12.4. The summed E-state index contributed by atoms with van der Waals surface area (Å²) in [7, 11) is 0. The smallest absolute Gasteiger partial charge is 0.321 e. The third-order valence-electron chi connectivity index (χ3n) is 4.50. The molecule has 1 aromatic rings. The zero-order chi connectivity index (χ0) is 16.2. The van der Waals surface area contributed by atoms with Crippen LogP contribution in [0.4, 0.5) is 10.5 Å². The van der Waals surface area contributed by atoms with Crippen LogP contribution in [0.2, 0.25) is 5.02 Å². The number of carbonyl (C=O) groups is 1. The summed E-state index contributed by atoms with van der Waals surface area (Å²) in [6.45, 7) is 8.08. The fourth-order valence-electron chi connectivity index (χ4n) is 3.15. The van der Waals surface area contributed by atoms with Crippen molar-refractivity contribution in [3.63, 3.8) is 0 Å². The van der Waals surface area contributed by atoms with Crippen molar-refractivity contribution in [2.45, 2.75) is 13.3 Å². The van der Waals surface area contributed by atoms with E-state index >= 15 is 0 Å². The molecule has 0 spiro atoms. The maximum Gasteiger partial charge on any atom is 0.321 e. The largest absolute Gasteiger partial charge is 0.379 e. The summed E-state index contributed by atoms with van der Waals surface area (Å²) >= 11 is 6.19. The maximum atomic E-state index is 12.4. The topological polar surface area (TPSA) is 57.7 Å². The Balaban J connectivity index is 1.52. The Morgan fingerprint density at radius 1 is 1.43 bits per heavy atom. The zero-order valence-corrected chi connectivity index (χ0v) is 14.2. The second-order valence-electron chi connectivity index (χ2n) is 6.20. The number of nitrogens with one attached hydrogen (secondary N) is 1. The minimum atomic E-state index is -0.0815. The van der Waals surface area contributed by atoms with Gasteiger partial charge in [-0.15, -0.1) is 0 Å². The van der Waals surface area contributed by atoms with Crippen molar-refractivity contribution in [3.05, 3.63) is 23.0 Å². The first-order valence-electron chi connectivity index (χ1n) is 8.10. The number of rotatable bonds is 3. The van der Waals surface area contributed by atoms with Crippen LogP contribution in [0, 0.1) is 12.8 Å². The first kappa shape index (κ1) is 16.5. The Bertz CT molecular complexity index is 563. The van der Waals surface area contributed by atoms with Crippen molar-refractivity contribution in [3.8, 4) is 0 Å². The number of hydrogen-bond donors (Lipinski definition) is 1. The Labute approximate surface area is 141 Å². The van der Waals surface area contributed by atoms with Gasteiger partial charge in [0.05, 0.1) is 29.6 Å². The van der Waals surface area contributed by atoms with Gasteiger partial charge >= 0.3 is 6.03 Å². The van der Waals surface area contributed by atoms with E-state index in [2.05, 4.69) is 15.2 Å². The molecule has 0 unspecified atom stereocenters. The molecular weight excluding hydrogens is 316 g/mol. The minimum absolute atomic E-state index is 0.0815. The van der Waals surface area contributed by atoms with Crippen molar-refractivity contribution in [1.82, 2.24) is 14.8 Å². The minimum Gasteiger partial charge on any atom is -0.379 e. The zero-order valence-electron chi connectivity index (χ0n) is 13.4. The molecule has 1 N–H and O–H groups in total. The van der Waals surface area contributed by atoms with Gasteiger partial charge in [-0.05, 0) is 25.3 Å². The lowest BCUT2D eigenvalue weighted by Gasteiger charge is -2.29. The number of aryl methyl sites for hydroxylation is 1. The van der Waals surface area contributed by atoms with Crippen LogP contribution in [-0.2, 0) is 4.74 Å². The Kier molecular flexibility index (Phi) is 5.35. The molecule has 2 amide bonds. The number of aromatic nitrogens is 1. The van der Waals surface area contributed by atoms with Crippen LogP contribution in [0.5, 0.6) is 0 Å². The highest BCUT2D eigenvalue weighted by Gasteiger charge is 2.28. The van der Waals surface area contributed by atoms with Crippen LogP contribution in [0.25, 0.3) is 0 Å². The van der Waals surface area contributed by atoms with Crippen LogP contribution in [-0.4, -0.2) is 66.8 Å². The first-order valence-corrected chi connectivity index (χ1v) is 8.48. The van der Waals surface area contributed by atoms with Crippen LogP contribution in [0.3, 0.4) is 0 Å². The van der Waals surface area contributed by atoms with Gasteiger partial charge in [-0.3, -0.25) is 9.88 Å². The van der Waals surface area contributed by atoms with Gasteiger partial charge in [-0.1, -0.05) is 11.6 Å². The number of nitrogens with zero attached hydrogens (tertiary/aromatic N) is 3. The van der Waals surface area contributed by atoms with Gasteiger partial charge in [0.25, 0.3) is 0 Å². The highest BCUT2D eigenvalue weighted by atomic mass is 35.5. The lowest BCUT2D eigenvalue weighted by atomic mass is 10.1. The fraction of sp³-hybridized carbons (Fsp3) is 0.625. The SMILES string of the molecule is Cc1nccc(NC(=O)N2CC[C@@H](CN3CCOCC3)C2)c1Cl. The lowest BCUT2D eigenvalue weighted by molar-refractivity contribution is 0.0314. The number of likely N-dealkylation sites (tertiary alicyclic amines) is 1. The third-order valence-corrected chi connectivity index (χ3v) is 4.98. The van der Waals surface area contributed by atoms with E-state index in [-0.39, 0.29) is 6.03 Å². The number of halogens is 1. The highest BCUT2D eigenvalue weighted by molar-refractivity contribution is 6.34. The van der Waals surface area contributed by atoms with Gasteiger partial charge in [0.1, 0.15) is 0 Å². The average molecular weight is 339 g/mol. The van der Waals surface area contributed by atoms with E-state index < -0.39 is 0 Å². The lowest BCUT2D eigenvalue weighted by Crippen LogP contribution is -2.40. The van der Waals surface area contributed by atoms with Gasteiger partial charge in [0.15, 0.2) is 0 Å². The number of carbonyl (C=O) groups excluding carboxylic acids is 1. The molecule has 3 heterocycles. The highest BCUT2D eigenvalue weighted by Crippen LogP contribution is 2.25. The summed E-state index contributed by atoms with van der Waals surface area (Å²) in [5, 5.41) is 3.40. The molecule has 126 valence electrons. The molecule has 0 radical (unpaired) electrons. The third kappa shape index (κ3) is 4.13. The van der Waals surface area contributed by atoms with E-state index in [0.717, 1.165) is 58.1 Å². The number of pyridine rings is 1. The van der Waals surface area contributed by atoms with E-state index in [1.54, 1.807) is 12.3 Å². The predicted molar refractivity (Wildman–Crippen MR) is 89.9 cm³/mol. The number of morpholine rings is 1. The number of amides is 2. The standard InChI is InChI=1S/C16H23ClN4O2/c1-12-15(17)14(2-4-18-12)19-16(22)21-5-3-13(11-21)10-20-6-8-23-9-7-20/h2,4,13H,3,5-11H2,1H3,(H,18,19,22)/t13-/m0/s1. The molecule has 2 fully saturated rings. The fourth-order valence-corrected chi connectivity index (χ4v) is 3.31. The van der Waals surface area contributed by atoms with E-state index in [4.69, 9.17) is 16.3 Å². The normalized spacial score (nSPS) is 22.3. The molecule has 2 aliphatic rings. The monoisotopic (exact) mass is 338 g/mol. The van der Waals surface area contributed by atoms with Crippen LogP contribution in [0.15, 0.2) is 12.3 Å². The Morgan fingerprint density at radius 3 is 3.00 bits per heavy atom. The molecule has 7 heteroatoms. The van der Waals surface area contributed by atoms with Crippen molar-refractivity contribution in [2.75, 3.05) is 51.3 Å². The second-order valence-corrected chi connectivity index (χ2v) is 6.58. The average Bonchev–Trinajstić information content (AvgIpc) is 3.01. The molecule has 0 aliphatic carbocycles.